The number of ketones is 1. The molecule has 58 valence electrons. The zero-order chi connectivity index (χ0) is 8.43. The second-order valence-electron chi connectivity index (χ2n) is 2.13. The van der Waals surface area contributed by atoms with Gasteiger partial charge < -0.3 is 14.5 Å². The van der Waals surface area contributed by atoms with Crippen LogP contribution in [0, 0.1) is 0 Å². The van der Waals surface area contributed by atoms with Gasteiger partial charge in [-0.25, -0.2) is 0 Å². The number of Topliss-reactive ketones (excluding diaryl/α,β-unsaturated/α-hetero) is 1. The molecule has 0 aliphatic carbocycles. The highest BCUT2D eigenvalue weighted by Gasteiger charge is 2.16. The van der Waals surface area contributed by atoms with Crippen molar-refractivity contribution in [3.63, 3.8) is 0 Å². The molecule has 0 aliphatic rings. The fraction of sp³-hybridized carbons (Fsp3) is 0.167. The molecule has 11 heavy (non-hydrogen) atoms. The first kappa shape index (κ1) is 8.04. The Kier molecular flexibility index (Phi) is 2.12. The van der Waals surface area contributed by atoms with Crippen molar-refractivity contribution in [2.45, 2.75) is 6.92 Å². The summed E-state index contributed by atoms with van der Waals surface area (Å²) < 4.78 is 4.76. The van der Waals surface area contributed by atoms with Gasteiger partial charge in [0.05, 0.1) is 0 Å². The van der Waals surface area contributed by atoms with Gasteiger partial charge in [-0.3, -0.25) is 4.79 Å². The topological polar surface area (TPSA) is 70.7 Å². The number of hydrogen-bond acceptors (Lipinski definition) is 4. The van der Waals surface area contributed by atoms with Crippen LogP contribution in [-0.2, 0) is 0 Å². The molecular formula is C6H7BO4. The zero-order valence-corrected chi connectivity index (χ0v) is 5.94. The summed E-state index contributed by atoms with van der Waals surface area (Å²) in [5, 5.41) is 17.1. The summed E-state index contributed by atoms with van der Waals surface area (Å²) in [6.07, 6.45) is 0. The molecule has 0 aliphatic heterocycles. The minimum atomic E-state index is -1.65. The van der Waals surface area contributed by atoms with E-state index in [-0.39, 0.29) is 17.2 Å². The van der Waals surface area contributed by atoms with Crippen LogP contribution in [0.1, 0.15) is 17.5 Å². The molecule has 0 saturated carbocycles. The molecule has 2 N–H and O–H groups in total. The number of hydrogen-bond donors (Lipinski definition) is 2. The Balaban J connectivity index is 2.90. The van der Waals surface area contributed by atoms with Crippen LogP contribution in [0.3, 0.4) is 0 Å². The van der Waals surface area contributed by atoms with Gasteiger partial charge in [0, 0.05) is 6.92 Å². The van der Waals surface area contributed by atoms with Gasteiger partial charge >= 0.3 is 7.12 Å². The lowest BCUT2D eigenvalue weighted by Crippen LogP contribution is -2.28. The fourth-order valence-electron chi connectivity index (χ4n) is 0.681. The van der Waals surface area contributed by atoms with E-state index in [0.717, 1.165) is 0 Å². The van der Waals surface area contributed by atoms with Gasteiger partial charge in [-0.2, -0.15) is 0 Å². The van der Waals surface area contributed by atoms with E-state index in [1.807, 2.05) is 0 Å². The van der Waals surface area contributed by atoms with Crippen molar-refractivity contribution in [3.05, 3.63) is 17.9 Å². The van der Waals surface area contributed by atoms with Crippen LogP contribution in [0.4, 0.5) is 0 Å². The van der Waals surface area contributed by atoms with Crippen molar-refractivity contribution in [2.75, 3.05) is 0 Å². The Morgan fingerprint density at radius 1 is 1.55 bits per heavy atom. The van der Waals surface area contributed by atoms with E-state index in [2.05, 4.69) is 0 Å². The molecule has 5 heteroatoms. The molecule has 4 nitrogen and oxygen atoms in total. The van der Waals surface area contributed by atoms with Crippen LogP contribution in [-0.4, -0.2) is 22.9 Å². The van der Waals surface area contributed by atoms with Crippen molar-refractivity contribution in [2.24, 2.45) is 0 Å². The molecule has 0 fully saturated rings. The third-order valence-electron chi connectivity index (χ3n) is 1.23. The minimum Gasteiger partial charge on any atom is -0.462 e. The highest BCUT2D eigenvalue weighted by atomic mass is 16.4. The molecule has 1 rings (SSSR count). The van der Waals surface area contributed by atoms with E-state index in [1.165, 1.54) is 19.1 Å². The van der Waals surface area contributed by atoms with Crippen LogP contribution < -0.4 is 5.66 Å². The average Bonchev–Trinajstić information content (AvgIpc) is 2.33. The maximum Gasteiger partial charge on any atom is 0.526 e. The fourth-order valence-corrected chi connectivity index (χ4v) is 0.681. The normalized spacial score (nSPS) is 9.73. The highest BCUT2D eigenvalue weighted by molar-refractivity contribution is 6.57. The van der Waals surface area contributed by atoms with E-state index >= 15 is 0 Å². The molecule has 0 atom stereocenters. The maximum absolute atomic E-state index is 10.6. The Hall–Kier alpha value is -1.07. The smallest absolute Gasteiger partial charge is 0.462 e. The molecule has 0 aromatic carbocycles. The Morgan fingerprint density at radius 3 is 2.45 bits per heavy atom. The molecule has 1 aromatic heterocycles. The van der Waals surface area contributed by atoms with Crippen LogP contribution in [0.5, 0.6) is 0 Å². The van der Waals surface area contributed by atoms with Gasteiger partial charge in [-0.05, 0) is 12.1 Å². The predicted molar refractivity (Wildman–Crippen MR) is 38.5 cm³/mol. The van der Waals surface area contributed by atoms with E-state index in [1.54, 1.807) is 0 Å². The number of carbonyl (C=O) groups is 1. The van der Waals surface area contributed by atoms with Crippen LogP contribution >= 0.6 is 0 Å². The maximum atomic E-state index is 10.6. The average molecular weight is 154 g/mol. The number of rotatable bonds is 2. The molecule has 0 amide bonds. The predicted octanol–water partition coefficient (Wildman–Crippen LogP) is -0.838. The largest absolute Gasteiger partial charge is 0.526 e. The zero-order valence-electron chi connectivity index (χ0n) is 5.94. The third kappa shape index (κ3) is 1.69. The van der Waals surface area contributed by atoms with Crippen molar-refractivity contribution in [1.82, 2.24) is 0 Å². The van der Waals surface area contributed by atoms with Gasteiger partial charge in [0.15, 0.2) is 11.5 Å². The Bertz CT molecular complexity index is 265. The summed E-state index contributed by atoms with van der Waals surface area (Å²) in [5.74, 6) is -0.106. The summed E-state index contributed by atoms with van der Waals surface area (Å²) >= 11 is 0. The van der Waals surface area contributed by atoms with Gasteiger partial charge in [-0.1, -0.05) is 0 Å². The SMILES string of the molecule is CC(=O)c1ccc(B(O)O)o1. The summed E-state index contributed by atoms with van der Waals surface area (Å²) in [5.41, 5.74) is -0.0183. The quantitative estimate of drug-likeness (QED) is 0.430. The van der Waals surface area contributed by atoms with E-state index in [9.17, 15) is 4.79 Å². The first-order chi connectivity index (χ1) is 5.11. The summed E-state index contributed by atoms with van der Waals surface area (Å²) in [6.45, 7) is 1.34. The van der Waals surface area contributed by atoms with Crippen LogP contribution in [0.25, 0.3) is 0 Å². The molecule has 0 spiro atoms. The molecule has 1 heterocycles. The number of furan rings is 1. The second-order valence-corrected chi connectivity index (χ2v) is 2.13. The van der Waals surface area contributed by atoms with Gasteiger partial charge in [-0.15, -0.1) is 0 Å². The molecule has 0 radical (unpaired) electrons. The van der Waals surface area contributed by atoms with Crippen molar-refractivity contribution in [3.8, 4) is 0 Å². The van der Waals surface area contributed by atoms with Crippen molar-refractivity contribution < 1.29 is 19.3 Å². The first-order valence-corrected chi connectivity index (χ1v) is 3.08. The van der Waals surface area contributed by atoms with Gasteiger partial charge in [0.1, 0.15) is 5.66 Å². The Labute approximate surface area is 63.6 Å². The molecule has 0 bridgehead atoms. The lowest BCUT2D eigenvalue weighted by atomic mass is 9.88. The third-order valence-corrected chi connectivity index (χ3v) is 1.23. The second kappa shape index (κ2) is 2.90. The minimum absolute atomic E-state index is 0.0183. The first-order valence-electron chi connectivity index (χ1n) is 3.08. The van der Waals surface area contributed by atoms with Crippen LogP contribution in [0.15, 0.2) is 16.5 Å². The molecule has 1 aromatic rings. The highest BCUT2D eigenvalue weighted by Crippen LogP contribution is 1.98. The summed E-state index contributed by atoms with van der Waals surface area (Å²) in [7, 11) is -1.65. The molecule has 0 unspecified atom stereocenters. The van der Waals surface area contributed by atoms with E-state index in [0.29, 0.717) is 0 Å². The standard InChI is InChI=1S/C6H7BO4/c1-4(8)5-2-3-6(11-5)7(9)10/h2-3,9-10H,1H3. The molecular weight excluding hydrogens is 147 g/mol. The monoisotopic (exact) mass is 154 g/mol. The Morgan fingerprint density at radius 2 is 2.18 bits per heavy atom. The summed E-state index contributed by atoms with van der Waals surface area (Å²) in [4.78, 5) is 10.6. The number of carbonyl (C=O) groups excluding carboxylic acids is 1. The lowest BCUT2D eigenvalue weighted by Gasteiger charge is -1.90. The van der Waals surface area contributed by atoms with Gasteiger partial charge in [0.25, 0.3) is 0 Å². The lowest BCUT2D eigenvalue weighted by molar-refractivity contribution is 0.0988. The van der Waals surface area contributed by atoms with Crippen LogP contribution in [0.2, 0.25) is 0 Å². The molecule has 0 saturated heterocycles. The van der Waals surface area contributed by atoms with E-state index in [4.69, 9.17) is 14.5 Å². The van der Waals surface area contributed by atoms with Crippen molar-refractivity contribution in [1.29, 1.82) is 0 Å². The van der Waals surface area contributed by atoms with Gasteiger partial charge in [0.2, 0.25) is 0 Å². The van der Waals surface area contributed by atoms with Crippen molar-refractivity contribution >= 4 is 18.6 Å². The summed E-state index contributed by atoms with van der Waals surface area (Å²) in [6, 6.07) is 2.75. The van der Waals surface area contributed by atoms with E-state index < -0.39 is 7.12 Å².